The average molecular weight is 247 g/mol. The van der Waals surface area contributed by atoms with Crippen LogP contribution >= 0.6 is 0 Å². The van der Waals surface area contributed by atoms with Gasteiger partial charge in [0, 0.05) is 30.7 Å². The SMILES string of the molecule is Cc1cc(N)c(C(=O)N2CCC(C)(C)CC2)cn1. The maximum Gasteiger partial charge on any atom is 0.257 e. The molecule has 4 nitrogen and oxygen atoms in total. The molecule has 0 aliphatic carbocycles. The summed E-state index contributed by atoms with van der Waals surface area (Å²) in [5.41, 5.74) is 8.13. The Balaban J connectivity index is 2.13. The Morgan fingerprint density at radius 2 is 2.00 bits per heavy atom. The molecule has 0 bridgehead atoms. The van der Waals surface area contributed by atoms with E-state index in [0.29, 0.717) is 16.7 Å². The van der Waals surface area contributed by atoms with E-state index in [0.717, 1.165) is 31.6 Å². The molecule has 1 saturated heterocycles. The molecular weight excluding hydrogens is 226 g/mol. The molecule has 98 valence electrons. The molecule has 0 unspecified atom stereocenters. The Kier molecular flexibility index (Phi) is 3.28. The van der Waals surface area contributed by atoms with Gasteiger partial charge in [-0.3, -0.25) is 9.78 Å². The van der Waals surface area contributed by atoms with Crippen molar-refractivity contribution in [2.75, 3.05) is 18.8 Å². The third-order valence-corrected chi connectivity index (χ3v) is 3.71. The first-order chi connectivity index (χ1) is 8.39. The molecule has 1 aromatic heterocycles. The van der Waals surface area contributed by atoms with E-state index < -0.39 is 0 Å². The molecule has 18 heavy (non-hydrogen) atoms. The fraction of sp³-hybridized carbons (Fsp3) is 0.571. The summed E-state index contributed by atoms with van der Waals surface area (Å²) in [5.74, 6) is 0.00972. The van der Waals surface area contributed by atoms with E-state index in [1.54, 1.807) is 12.3 Å². The molecule has 1 aromatic rings. The zero-order valence-corrected chi connectivity index (χ0v) is 11.4. The number of rotatable bonds is 1. The van der Waals surface area contributed by atoms with Gasteiger partial charge in [-0.15, -0.1) is 0 Å². The van der Waals surface area contributed by atoms with Crippen LogP contribution in [0.2, 0.25) is 0 Å². The van der Waals surface area contributed by atoms with E-state index in [-0.39, 0.29) is 5.91 Å². The van der Waals surface area contributed by atoms with Crippen molar-refractivity contribution in [1.29, 1.82) is 0 Å². The quantitative estimate of drug-likeness (QED) is 0.828. The molecule has 0 atom stereocenters. The van der Waals surface area contributed by atoms with Crippen LogP contribution < -0.4 is 5.73 Å². The van der Waals surface area contributed by atoms with E-state index >= 15 is 0 Å². The lowest BCUT2D eigenvalue weighted by atomic mass is 9.82. The normalized spacial score (nSPS) is 18.7. The summed E-state index contributed by atoms with van der Waals surface area (Å²) in [7, 11) is 0. The highest BCUT2D eigenvalue weighted by atomic mass is 16.2. The van der Waals surface area contributed by atoms with E-state index in [4.69, 9.17) is 5.73 Å². The lowest BCUT2D eigenvalue weighted by molar-refractivity contribution is 0.0631. The van der Waals surface area contributed by atoms with Gasteiger partial charge in [-0.25, -0.2) is 0 Å². The molecule has 1 fully saturated rings. The number of pyridine rings is 1. The van der Waals surface area contributed by atoms with Crippen molar-refractivity contribution in [2.45, 2.75) is 33.6 Å². The van der Waals surface area contributed by atoms with Gasteiger partial charge < -0.3 is 10.6 Å². The summed E-state index contributed by atoms with van der Waals surface area (Å²) >= 11 is 0. The molecule has 2 rings (SSSR count). The van der Waals surface area contributed by atoms with E-state index in [2.05, 4.69) is 18.8 Å². The molecule has 4 heteroatoms. The van der Waals surface area contributed by atoms with Crippen LogP contribution in [0.1, 0.15) is 42.7 Å². The number of aromatic nitrogens is 1. The second-order valence-corrected chi connectivity index (χ2v) is 5.87. The maximum atomic E-state index is 12.3. The summed E-state index contributed by atoms with van der Waals surface area (Å²) in [4.78, 5) is 18.4. The second-order valence-electron chi connectivity index (χ2n) is 5.87. The lowest BCUT2D eigenvalue weighted by Gasteiger charge is -2.37. The number of nitrogen functional groups attached to an aromatic ring is 1. The van der Waals surface area contributed by atoms with Crippen molar-refractivity contribution in [1.82, 2.24) is 9.88 Å². The number of nitrogens with zero attached hydrogens (tertiary/aromatic N) is 2. The van der Waals surface area contributed by atoms with Crippen LogP contribution in [-0.2, 0) is 0 Å². The zero-order valence-electron chi connectivity index (χ0n) is 11.4. The molecule has 1 aliphatic rings. The van der Waals surface area contributed by atoms with Crippen LogP contribution in [0.5, 0.6) is 0 Å². The Bertz CT molecular complexity index is 458. The van der Waals surface area contributed by atoms with Crippen LogP contribution in [-0.4, -0.2) is 28.9 Å². The highest BCUT2D eigenvalue weighted by Crippen LogP contribution is 2.30. The number of hydrogen-bond acceptors (Lipinski definition) is 3. The number of piperidine rings is 1. The predicted molar refractivity (Wildman–Crippen MR) is 72.3 cm³/mol. The van der Waals surface area contributed by atoms with Gasteiger partial charge in [-0.2, -0.15) is 0 Å². The number of aryl methyl sites for hydroxylation is 1. The van der Waals surface area contributed by atoms with Crippen molar-refractivity contribution in [2.24, 2.45) is 5.41 Å². The highest BCUT2D eigenvalue weighted by Gasteiger charge is 2.29. The Morgan fingerprint density at radius 1 is 1.39 bits per heavy atom. The van der Waals surface area contributed by atoms with Gasteiger partial charge in [0.15, 0.2) is 0 Å². The maximum absolute atomic E-state index is 12.3. The van der Waals surface area contributed by atoms with E-state index in [1.807, 2.05) is 11.8 Å². The van der Waals surface area contributed by atoms with Gasteiger partial charge >= 0.3 is 0 Å². The number of nitrogens with two attached hydrogens (primary N) is 1. The van der Waals surface area contributed by atoms with Gasteiger partial charge in [-0.1, -0.05) is 13.8 Å². The number of anilines is 1. The van der Waals surface area contributed by atoms with Crippen molar-refractivity contribution in [3.8, 4) is 0 Å². The molecule has 1 amide bonds. The third-order valence-electron chi connectivity index (χ3n) is 3.71. The topological polar surface area (TPSA) is 59.2 Å². The standard InChI is InChI=1S/C14H21N3O/c1-10-8-12(15)11(9-16-10)13(18)17-6-4-14(2,3)5-7-17/h8-9H,4-7H2,1-3H3,(H2,15,16). The van der Waals surface area contributed by atoms with Crippen LogP contribution in [0.15, 0.2) is 12.3 Å². The number of hydrogen-bond donors (Lipinski definition) is 1. The van der Waals surface area contributed by atoms with Crippen LogP contribution in [0.4, 0.5) is 5.69 Å². The average Bonchev–Trinajstić information content (AvgIpc) is 2.28. The zero-order chi connectivity index (χ0) is 13.3. The van der Waals surface area contributed by atoms with Gasteiger partial charge in [0.1, 0.15) is 0 Å². The molecule has 2 N–H and O–H groups in total. The monoisotopic (exact) mass is 247 g/mol. The Labute approximate surface area is 108 Å². The molecule has 1 aliphatic heterocycles. The van der Waals surface area contributed by atoms with Crippen molar-refractivity contribution in [3.05, 3.63) is 23.5 Å². The number of likely N-dealkylation sites (tertiary alicyclic amines) is 1. The minimum absolute atomic E-state index is 0.00972. The fourth-order valence-electron chi connectivity index (χ4n) is 2.25. The first-order valence-corrected chi connectivity index (χ1v) is 6.40. The summed E-state index contributed by atoms with van der Waals surface area (Å²) in [6, 6.07) is 1.75. The van der Waals surface area contributed by atoms with E-state index in [1.165, 1.54) is 0 Å². The number of carbonyl (C=O) groups is 1. The Hall–Kier alpha value is -1.58. The van der Waals surface area contributed by atoms with Crippen LogP contribution in [0.25, 0.3) is 0 Å². The Morgan fingerprint density at radius 3 is 2.56 bits per heavy atom. The van der Waals surface area contributed by atoms with Gasteiger partial charge in [0.2, 0.25) is 0 Å². The summed E-state index contributed by atoms with van der Waals surface area (Å²) in [6.07, 6.45) is 3.67. The minimum Gasteiger partial charge on any atom is -0.398 e. The van der Waals surface area contributed by atoms with Crippen LogP contribution in [0.3, 0.4) is 0 Å². The van der Waals surface area contributed by atoms with Crippen molar-refractivity contribution < 1.29 is 4.79 Å². The van der Waals surface area contributed by atoms with Crippen molar-refractivity contribution >= 4 is 11.6 Å². The fourth-order valence-corrected chi connectivity index (χ4v) is 2.25. The second kappa shape index (κ2) is 4.59. The summed E-state index contributed by atoms with van der Waals surface area (Å²) in [6.45, 7) is 7.97. The van der Waals surface area contributed by atoms with Crippen molar-refractivity contribution in [3.63, 3.8) is 0 Å². The molecule has 0 aromatic carbocycles. The van der Waals surface area contributed by atoms with Gasteiger partial charge in [0.05, 0.1) is 5.56 Å². The molecule has 0 radical (unpaired) electrons. The third kappa shape index (κ3) is 2.63. The molecular formula is C14H21N3O. The highest BCUT2D eigenvalue weighted by molar-refractivity contribution is 5.98. The summed E-state index contributed by atoms with van der Waals surface area (Å²) < 4.78 is 0. The number of amides is 1. The lowest BCUT2D eigenvalue weighted by Crippen LogP contribution is -2.41. The largest absolute Gasteiger partial charge is 0.398 e. The number of carbonyl (C=O) groups excluding carboxylic acids is 1. The smallest absolute Gasteiger partial charge is 0.257 e. The molecule has 0 saturated carbocycles. The predicted octanol–water partition coefficient (Wildman–Crippen LogP) is 2.23. The van der Waals surface area contributed by atoms with Gasteiger partial charge in [-0.05, 0) is 31.2 Å². The van der Waals surface area contributed by atoms with E-state index in [9.17, 15) is 4.79 Å². The van der Waals surface area contributed by atoms with Gasteiger partial charge in [0.25, 0.3) is 5.91 Å². The first-order valence-electron chi connectivity index (χ1n) is 6.40. The summed E-state index contributed by atoms with van der Waals surface area (Å²) in [5, 5.41) is 0. The minimum atomic E-state index is 0.00972. The van der Waals surface area contributed by atoms with Crippen LogP contribution in [0, 0.1) is 12.3 Å². The molecule has 2 heterocycles. The first kappa shape index (κ1) is 12.9. The molecule has 0 spiro atoms.